The topological polar surface area (TPSA) is 113 Å². The van der Waals surface area contributed by atoms with Gasteiger partial charge in [-0.15, -0.1) is 0 Å². The highest BCUT2D eigenvalue weighted by molar-refractivity contribution is 6.42. The van der Waals surface area contributed by atoms with Gasteiger partial charge in [-0.2, -0.15) is 13.2 Å². The third-order valence-corrected chi connectivity index (χ3v) is 8.25. The molecule has 4 atom stereocenters. The Labute approximate surface area is 254 Å². The predicted molar refractivity (Wildman–Crippen MR) is 151 cm³/mol. The molecule has 226 valence electrons. The van der Waals surface area contributed by atoms with Gasteiger partial charge < -0.3 is 9.84 Å². The van der Waals surface area contributed by atoms with E-state index in [-0.39, 0.29) is 18.2 Å². The molecule has 0 aromatic heterocycles. The Hall–Kier alpha value is -3.93. The minimum Gasteiger partial charge on any atom is -0.475 e. The number of ether oxygens (including phenoxy) is 1. The van der Waals surface area contributed by atoms with Crippen LogP contribution in [0.1, 0.15) is 17.2 Å². The number of hydrogen-bond acceptors (Lipinski definition) is 6. The second-order valence-corrected chi connectivity index (χ2v) is 10.9. The summed E-state index contributed by atoms with van der Waals surface area (Å²) in [5.74, 6) is -5.63. The number of carboxylic acids is 1. The summed E-state index contributed by atoms with van der Waals surface area (Å²) in [5.41, 5.74) is 2.09. The molecule has 0 saturated carbocycles. The van der Waals surface area contributed by atoms with Gasteiger partial charge in [-0.05, 0) is 34.4 Å². The summed E-state index contributed by atoms with van der Waals surface area (Å²) in [6, 6.07) is 21.9. The molecule has 0 aliphatic carbocycles. The van der Waals surface area contributed by atoms with Crippen LogP contribution in [0.5, 0.6) is 0 Å². The molecular formula is C30H25Cl2F3N2O6. The summed E-state index contributed by atoms with van der Waals surface area (Å²) in [7, 11) is 2.77. The van der Waals surface area contributed by atoms with Crippen LogP contribution in [0.25, 0.3) is 11.1 Å². The first-order chi connectivity index (χ1) is 20.2. The second kappa shape index (κ2) is 12.4. The SMILES string of the molecule is COC(=O)[C@]1(Cc2ccccc2)NC(c2ccc(-c3ccc(Cl)c(Cl)c3)cc2)C2C(=O)N(C)C(=O)C21.O=C(O)C(F)(F)F. The third kappa shape index (κ3) is 6.24. The van der Waals surface area contributed by atoms with Crippen molar-refractivity contribution >= 4 is 47.0 Å². The molecule has 43 heavy (non-hydrogen) atoms. The number of hydrogen-bond donors (Lipinski definition) is 2. The maximum Gasteiger partial charge on any atom is 0.490 e. The van der Waals surface area contributed by atoms with Crippen LogP contribution in [0.2, 0.25) is 10.0 Å². The molecule has 3 unspecified atom stereocenters. The number of carboxylic acid groups (broad SMARTS) is 1. The largest absolute Gasteiger partial charge is 0.490 e. The smallest absolute Gasteiger partial charge is 0.475 e. The van der Waals surface area contributed by atoms with Crippen molar-refractivity contribution in [3.63, 3.8) is 0 Å². The number of imide groups is 1. The van der Waals surface area contributed by atoms with Gasteiger partial charge in [0.15, 0.2) is 0 Å². The molecule has 2 aliphatic rings. The Morgan fingerprint density at radius 3 is 2.07 bits per heavy atom. The Morgan fingerprint density at radius 2 is 1.53 bits per heavy atom. The van der Waals surface area contributed by atoms with E-state index in [0.29, 0.717) is 10.0 Å². The number of amides is 2. The number of fused-ring (bicyclic) bond motifs is 1. The first-order valence-electron chi connectivity index (χ1n) is 12.8. The number of likely N-dealkylation sites (tertiary alicyclic amines) is 1. The summed E-state index contributed by atoms with van der Waals surface area (Å²) in [5, 5.41) is 11.5. The maximum atomic E-state index is 13.3. The number of halogens is 5. The van der Waals surface area contributed by atoms with Gasteiger partial charge in [-0.25, -0.2) is 4.79 Å². The molecular weight excluding hydrogens is 612 g/mol. The molecule has 5 rings (SSSR count). The molecule has 2 N–H and O–H groups in total. The van der Waals surface area contributed by atoms with Crippen LogP contribution in [-0.4, -0.2) is 59.6 Å². The Bertz CT molecular complexity index is 1550. The van der Waals surface area contributed by atoms with Crippen molar-refractivity contribution < 1.29 is 42.2 Å². The standard InChI is InChI=1S/C28H24Cl2N2O4.C2HF3O2/c1-32-25(33)22-23(26(32)34)28(27(35)36-2,15-16-6-4-3-5-7-16)31-24(22)18-10-8-17(9-11-18)19-12-13-20(29)21(30)14-19;3-2(4,5)1(6)7/h3-14,22-24,31H,15H2,1-2H3;(H,6,7)/t22?,23?,24?,28-;/m1./s1. The van der Waals surface area contributed by atoms with Gasteiger partial charge in [0.2, 0.25) is 11.8 Å². The van der Waals surface area contributed by atoms with Gasteiger partial charge in [-0.1, -0.05) is 83.9 Å². The highest BCUT2D eigenvalue weighted by Crippen LogP contribution is 2.50. The lowest BCUT2D eigenvalue weighted by Crippen LogP contribution is -2.57. The zero-order valence-corrected chi connectivity index (χ0v) is 24.2. The first kappa shape index (κ1) is 32.0. The fourth-order valence-corrected chi connectivity index (χ4v) is 5.81. The molecule has 13 heteroatoms. The molecule has 2 aliphatic heterocycles. The highest BCUT2D eigenvalue weighted by atomic mass is 35.5. The summed E-state index contributed by atoms with van der Waals surface area (Å²) in [6.07, 6.45) is -4.87. The molecule has 0 spiro atoms. The monoisotopic (exact) mass is 636 g/mol. The molecule has 2 amide bonds. The minimum absolute atomic E-state index is 0.215. The van der Waals surface area contributed by atoms with Gasteiger partial charge in [0.05, 0.1) is 29.0 Å². The van der Waals surface area contributed by atoms with Crippen molar-refractivity contribution in [2.45, 2.75) is 24.2 Å². The van der Waals surface area contributed by atoms with Crippen LogP contribution < -0.4 is 5.32 Å². The number of aliphatic carboxylic acids is 1. The van der Waals surface area contributed by atoms with E-state index in [9.17, 15) is 27.6 Å². The van der Waals surface area contributed by atoms with Gasteiger partial charge in [0.25, 0.3) is 0 Å². The lowest BCUT2D eigenvalue weighted by Gasteiger charge is -2.32. The normalized spacial score (nSPS) is 23.0. The van der Waals surface area contributed by atoms with Crippen molar-refractivity contribution in [1.29, 1.82) is 0 Å². The van der Waals surface area contributed by atoms with Crippen molar-refractivity contribution in [3.05, 3.63) is 94.0 Å². The molecule has 3 aromatic carbocycles. The maximum absolute atomic E-state index is 13.3. The third-order valence-electron chi connectivity index (χ3n) is 7.52. The average Bonchev–Trinajstić information content (AvgIpc) is 3.43. The van der Waals surface area contributed by atoms with Gasteiger partial charge in [0, 0.05) is 19.5 Å². The van der Waals surface area contributed by atoms with E-state index in [2.05, 4.69) is 5.32 Å². The minimum atomic E-state index is -5.08. The second-order valence-electron chi connectivity index (χ2n) is 10.0. The van der Waals surface area contributed by atoms with E-state index in [1.54, 1.807) is 12.1 Å². The zero-order chi connectivity index (χ0) is 31.7. The number of carbonyl (C=O) groups excluding carboxylic acids is 3. The van der Waals surface area contributed by atoms with Crippen LogP contribution in [0, 0.1) is 11.8 Å². The van der Waals surface area contributed by atoms with Crippen molar-refractivity contribution in [2.75, 3.05) is 14.2 Å². The Morgan fingerprint density at radius 1 is 0.953 bits per heavy atom. The average molecular weight is 637 g/mol. The van der Waals surface area contributed by atoms with E-state index in [4.69, 9.17) is 37.8 Å². The predicted octanol–water partition coefficient (Wildman–Crippen LogP) is 5.32. The fourth-order valence-electron chi connectivity index (χ4n) is 5.51. The Kier molecular flexibility index (Phi) is 9.19. The first-order valence-corrected chi connectivity index (χ1v) is 13.5. The van der Waals surface area contributed by atoms with E-state index in [1.807, 2.05) is 60.7 Å². The van der Waals surface area contributed by atoms with Crippen molar-refractivity contribution in [1.82, 2.24) is 10.2 Å². The van der Waals surface area contributed by atoms with Crippen LogP contribution >= 0.6 is 23.2 Å². The van der Waals surface area contributed by atoms with E-state index < -0.39 is 41.5 Å². The van der Waals surface area contributed by atoms with Crippen molar-refractivity contribution in [2.24, 2.45) is 11.8 Å². The van der Waals surface area contributed by atoms with Crippen LogP contribution in [0.15, 0.2) is 72.8 Å². The van der Waals surface area contributed by atoms with Crippen molar-refractivity contribution in [3.8, 4) is 11.1 Å². The summed E-state index contributed by atoms with van der Waals surface area (Å²) >= 11 is 12.2. The summed E-state index contributed by atoms with van der Waals surface area (Å²) in [4.78, 5) is 50.0. The van der Waals surface area contributed by atoms with Crippen LogP contribution in [0.4, 0.5) is 13.2 Å². The molecule has 0 radical (unpaired) electrons. The quantitative estimate of drug-likeness (QED) is 0.288. The lowest BCUT2D eigenvalue weighted by molar-refractivity contribution is -0.192. The fraction of sp³-hybridized carbons (Fsp3) is 0.267. The Balaban J connectivity index is 0.000000541. The summed E-state index contributed by atoms with van der Waals surface area (Å²) in [6.45, 7) is 0. The summed E-state index contributed by atoms with van der Waals surface area (Å²) < 4.78 is 36.9. The highest BCUT2D eigenvalue weighted by Gasteiger charge is 2.68. The molecule has 3 aromatic rings. The van der Waals surface area contributed by atoms with Gasteiger partial charge in [0.1, 0.15) is 5.54 Å². The van der Waals surface area contributed by atoms with E-state index >= 15 is 0 Å². The van der Waals surface area contributed by atoms with Crippen LogP contribution in [0.3, 0.4) is 0 Å². The number of nitrogens with one attached hydrogen (secondary N) is 1. The number of carbonyl (C=O) groups is 4. The molecule has 2 heterocycles. The molecule has 2 fully saturated rings. The number of alkyl halides is 3. The number of esters is 1. The van der Waals surface area contributed by atoms with Crippen LogP contribution in [-0.2, 0) is 30.3 Å². The molecule has 8 nitrogen and oxygen atoms in total. The number of methoxy groups -OCH3 is 1. The zero-order valence-electron chi connectivity index (χ0n) is 22.7. The number of benzene rings is 3. The van der Waals surface area contributed by atoms with E-state index in [1.165, 1.54) is 14.2 Å². The van der Waals surface area contributed by atoms with Gasteiger partial charge >= 0.3 is 18.1 Å². The lowest BCUT2D eigenvalue weighted by atomic mass is 9.76. The number of nitrogens with zero attached hydrogens (tertiary/aromatic N) is 1. The van der Waals surface area contributed by atoms with E-state index in [0.717, 1.165) is 27.2 Å². The van der Waals surface area contributed by atoms with Gasteiger partial charge in [-0.3, -0.25) is 24.6 Å². The number of rotatable bonds is 5. The molecule has 2 saturated heterocycles. The molecule has 0 bridgehead atoms.